The van der Waals surface area contributed by atoms with Gasteiger partial charge in [-0.3, -0.25) is 0 Å². The quantitative estimate of drug-likeness (QED) is 0.805. The third-order valence-electron chi connectivity index (χ3n) is 2.57. The molecule has 1 unspecified atom stereocenters. The van der Waals surface area contributed by atoms with Crippen molar-refractivity contribution < 1.29 is 9.29 Å². The lowest BCUT2D eigenvalue weighted by Gasteiger charge is -2.11. The van der Waals surface area contributed by atoms with Crippen LogP contribution in [0.3, 0.4) is 0 Å². The summed E-state index contributed by atoms with van der Waals surface area (Å²) in [7, 11) is 1.57. The Balaban J connectivity index is 2.52. The van der Waals surface area contributed by atoms with Crippen LogP contribution in [0.15, 0.2) is 41.3 Å². The van der Waals surface area contributed by atoms with Gasteiger partial charge in [0.2, 0.25) is 0 Å². The molecular weight excluding hydrogens is 268 g/mol. The van der Waals surface area contributed by atoms with Crippen LogP contribution < -0.4 is 4.74 Å². The van der Waals surface area contributed by atoms with Crippen LogP contribution >= 0.6 is 11.6 Å². The Labute approximate surface area is 115 Å². The van der Waals surface area contributed by atoms with Crippen molar-refractivity contribution in [1.29, 1.82) is 0 Å². The van der Waals surface area contributed by atoms with Gasteiger partial charge in [0.25, 0.3) is 0 Å². The molecule has 1 atom stereocenters. The summed E-state index contributed by atoms with van der Waals surface area (Å²) >= 11 is 5.04. The molecule has 4 heteroatoms. The minimum atomic E-state index is -1.06. The molecule has 0 N–H and O–H groups in total. The first kappa shape index (κ1) is 13.3. The molecule has 0 aliphatic rings. The van der Waals surface area contributed by atoms with Gasteiger partial charge in [0.05, 0.1) is 12.1 Å². The van der Waals surface area contributed by atoms with Crippen LogP contribution in [0.4, 0.5) is 0 Å². The zero-order chi connectivity index (χ0) is 13.1. The Hall–Kier alpha value is -1.16. The number of hydrogen-bond acceptors (Lipinski definition) is 2. The first-order valence-electron chi connectivity index (χ1n) is 5.31. The van der Waals surface area contributed by atoms with Gasteiger partial charge in [-0.15, -0.1) is 0 Å². The molecule has 0 saturated carbocycles. The molecule has 0 spiro atoms. The maximum Gasteiger partial charge on any atom is 0.160 e. The highest BCUT2D eigenvalue weighted by atomic mass is 35.5. The molecule has 2 nitrogen and oxygen atoms in total. The number of halogens is 1. The van der Waals surface area contributed by atoms with E-state index in [4.69, 9.17) is 16.3 Å². The third kappa shape index (κ3) is 2.64. The van der Waals surface area contributed by atoms with Crippen LogP contribution in [0.2, 0.25) is 5.02 Å². The Bertz CT molecular complexity index is 555. The van der Waals surface area contributed by atoms with Gasteiger partial charge < -0.3 is 9.29 Å². The molecule has 0 bridgehead atoms. The lowest BCUT2D eigenvalue weighted by molar-refractivity contribution is 0.415. The zero-order valence-electron chi connectivity index (χ0n) is 10.1. The molecule has 93 valence electrons. The zero-order valence-corrected chi connectivity index (χ0v) is 11.6. The van der Waals surface area contributed by atoms with E-state index >= 15 is 0 Å². The highest BCUT2D eigenvalue weighted by Crippen LogP contribution is 2.32. The normalized spacial score (nSPS) is 12.2. The van der Waals surface area contributed by atoms with Crippen LogP contribution in [0.1, 0.15) is 0 Å². The SMILES string of the molecule is COc1ccc(-c2[c]cccc2[S+](C)[O-])cc1Cl. The van der Waals surface area contributed by atoms with Gasteiger partial charge in [-0.05, 0) is 41.0 Å². The van der Waals surface area contributed by atoms with E-state index < -0.39 is 11.2 Å². The standard InChI is InChI=1S/C14H12ClO2S/c1-17-13-8-7-10(9-12(13)15)11-5-3-4-6-14(11)18(2)16/h3-4,6-9H,1-2H3. The maximum atomic E-state index is 11.7. The molecule has 2 rings (SSSR count). The van der Waals surface area contributed by atoms with Crippen LogP contribution in [-0.2, 0) is 11.2 Å². The van der Waals surface area contributed by atoms with E-state index in [9.17, 15) is 4.55 Å². The smallest absolute Gasteiger partial charge is 0.160 e. The fourth-order valence-electron chi connectivity index (χ4n) is 1.71. The van der Waals surface area contributed by atoms with Crippen LogP contribution in [0.5, 0.6) is 5.75 Å². The molecule has 18 heavy (non-hydrogen) atoms. The molecule has 0 aliphatic heterocycles. The lowest BCUT2D eigenvalue weighted by atomic mass is 10.1. The molecular formula is C14H12ClO2S. The van der Waals surface area contributed by atoms with E-state index in [0.29, 0.717) is 10.8 Å². The summed E-state index contributed by atoms with van der Waals surface area (Å²) in [5.41, 5.74) is 1.69. The van der Waals surface area contributed by atoms with Crippen molar-refractivity contribution in [2.45, 2.75) is 4.90 Å². The van der Waals surface area contributed by atoms with Gasteiger partial charge in [0.1, 0.15) is 12.0 Å². The van der Waals surface area contributed by atoms with Crippen LogP contribution in [0, 0.1) is 6.07 Å². The summed E-state index contributed by atoms with van der Waals surface area (Å²) in [5.74, 6) is 0.621. The van der Waals surface area contributed by atoms with E-state index in [1.54, 1.807) is 31.6 Å². The molecule has 0 aliphatic carbocycles. The number of hydrogen-bond donors (Lipinski definition) is 0. The highest BCUT2D eigenvalue weighted by Gasteiger charge is 2.14. The fourth-order valence-corrected chi connectivity index (χ4v) is 2.70. The number of rotatable bonds is 3. The summed E-state index contributed by atoms with van der Waals surface area (Å²) in [6.07, 6.45) is 1.65. The third-order valence-corrected chi connectivity index (χ3v) is 3.82. The first-order chi connectivity index (χ1) is 8.63. The average Bonchev–Trinajstić information content (AvgIpc) is 2.38. The molecule has 0 saturated heterocycles. The molecule has 1 radical (unpaired) electrons. The Morgan fingerprint density at radius 1 is 1.33 bits per heavy atom. The number of benzene rings is 2. The molecule has 2 aromatic rings. The van der Waals surface area contributed by atoms with Gasteiger partial charge in [-0.2, -0.15) is 0 Å². The van der Waals surface area contributed by atoms with Crippen molar-refractivity contribution in [2.24, 2.45) is 0 Å². The van der Waals surface area contributed by atoms with Gasteiger partial charge in [-0.25, -0.2) is 0 Å². The van der Waals surface area contributed by atoms with Crippen molar-refractivity contribution in [2.75, 3.05) is 13.4 Å². The minimum absolute atomic E-state index is 0.528. The monoisotopic (exact) mass is 279 g/mol. The largest absolute Gasteiger partial charge is 0.612 e. The minimum Gasteiger partial charge on any atom is -0.612 e. The summed E-state index contributed by atoms with van der Waals surface area (Å²) < 4.78 is 16.8. The predicted molar refractivity (Wildman–Crippen MR) is 74.6 cm³/mol. The first-order valence-corrected chi connectivity index (χ1v) is 7.25. The number of ether oxygens (including phenoxy) is 1. The van der Waals surface area contributed by atoms with E-state index in [2.05, 4.69) is 6.07 Å². The van der Waals surface area contributed by atoms with Gasteiger partial charge in [0.15, 0.2) is 4.90 Å². The molecule has 2 aromatic carbocycles. The molecule has 0 fully saturated rings. The van der Waals surface area contributed by atoms with Crippen molar-refractivity contribution in [1.82, 2.24) is 0 Å². The maximum absolute atomic E-state index is 11.7. The predicted octanol–water partition coefficient (Wildman–Crippen LogP) is 3.55. The van der Waals surface area contributed by atoms with Crippen molar-refractivity contribution in [3.05, 3.63) is 47.5 Å². The van der Waals surface area contributed by atoms with Crippen molar-refractivity contribution >= 4 is 22.8 Å². The Kier molecular flexibility index (Phi) is 4.17. The summed E-state index contributed by atoms with van der Waals surface area (Å²) in [6.45, 7) is 0. The van der Waals surface area contributed by atoms with Crippen LogP contribution in [0.25, 0.3) is 11.1 Å². The second-order valence-corrected chi connectivity index (χ2v) is 5.47. The second kappa shape index (κ2) is 5.65. The average molecular weight is 280 g/mol. The molecule has 0 amide bonds. The topological polar surface area (TPSA) is 32.3 Å². The molecule has 0 heterocycles. The summed E-state index contributed by atoms with van der Waals surface area (Å²) in [6, 6.07) is 14.0. The van der Waals surface area contributed by atoms with Crippen molar-refractivity contribution in [3.63, 3.8) is 0 Å². The van der Waals surface area contributed by atoms with Crippen LogP contribution in [-0.4, -0.2) is 17.9 Å². The van der Waals surface area contributed by atoms with E-state index in [-0.39, 0.29) is 0 Å². The Morgan fingerprint density at radius 3 is 2.72 bits per heavy atom. The van der Waals surface area contributed by atoms with E-state index in [0.717, 1.165) is 16.0 Å². The second-order valence-electron chi connectivity index (χ2n) is 3.71. The number of methoxy groups -OCH3 is 1. The van der Waals surface area contributed by atoms with Gasteiger partial charge in [0, 0.05) is 5.56 Å². The van der Waals surface area contributed by atoms with E-state index in [1.165, 1.54) is 0 Å². The van der Waals surface area contributed by atoms with E-state index in [1.807, 2.05) is 18.2 Å². The fraction of sp³-hybridized carbons (Fsp3) is 0.143. The summed E-state index contributed by atoms with van der Waals surface area (Å²) in [5, 5.41) is 0.528. The lowest BCUT2D eigenvalue weighted by Crippen LogP contribution is -1.99. The summed E-state index contributed by atoms with van der Waals surface area (Å²) in [4.78, 5) is 0.749. The highest BCUT2D eigenvalue weighted by molar-refractivity contribution is 7.90. The molecule has 0 aromatic heterocycles. The Morgan fingerprint density at radius 2 is 2.11 bits per heavy atom. The van der Waals surface area contributed by atoms with Gasteiger partial charge in [-0.1, -0.05) is 29.8 Å². The van der Waals surface area contributed by atoms with Crippen molar-refractivity contribution in [3.8, 4) is 16.9 Å². The van der Waals surface area contributed by atoms with Gasteiger partial charge >= 0.3 is 0 Å².